The molecule has 1 heterocycles. The molecule has 1 aliphatic carbocycles. The van der Waals surface area contributed by atoms with Gasteiger partial charge >= 0.3 is 0 Å². The molecule has 1 aliphatic rings. The van der Waals surface area contributed by atoms with E-state index in [9.17, 15) is 4.79 Å². The maximum atomic E-state index is 12.7. The molecule has 0 spiro atoms. The Hall–Kier alpha value is -3.06. The minimum atomic E-state index is -0.166. The van der Waals surface area contributed by atoms with Gasteiger partial charge in [0.2, 0.25) is 11.7 Å². The van der Waals surface area contributed by atoms with Crippen molar-refractivity contribution in [3.05, 3.63) is 59.7 Å². The standard InChI is InChI=1S/C24H30N6O/c1-18-12-14-19(15-13-18)24-26-28-30(27-24)17-23(31)25-22-11-7-6-8-20(22)16-29(2)21-9-4-3-5-10-21/h6-8,11-15,21H,3-5,9-10,16-17H2,1-2H3,(H,25,31). The number of para-hydroxylation sites is 1. The summed E-state index contributed by atoms with van der Waals surface area (Å²) in [6, 6.07) is 16.5. The van der Waals surface area contributed by atoms with Crippen molar-refractivity contribution in [1.29, 1.82) is 0 Å². The number of tetrazole rings is 1. The lowest BCUT2D eigenvalue weighted by atomic mass is 9.94. The molecule has 4 rings (SSSR count). The Morgan fingerprint density at radius 2 is 1.84 bits per heavy atom. The smallest absolute Gasteiger partial charge is 0.248 e. The van der Waals surface area contributed by atoms with Gasteiger partial charge in [-0.1, -0.05) is 67.3 Å². The van der Waals surface area contributed by atoms with Crippen LogP contribution in [-0.4, -0.2) is 44.1 Å². The lowest BCUT2D eigenvalue weighted by Crippen LogP contribution is -2.33. The SMILES string of the molecule is Cc1ccc(-c2nnn(CC(=O)Nc3ccccc3CN(C)C3CCCCC3)n2)cc1. The van der Waals surface area contributed by atoms with E-state index in [1.165, 1.54) is 42.5 Å². The van der Waals surface area contributed by atoms with Gasteiger partial charge in [0.25, 0.3) is 0 Å². The van der Waals surface area contributed by atoms with Crippen molar-refractivity contribution in [3.63, 3.8) is 0 Å². The second-order valence-corrected chi connectivity index (χ2v) is 8.42. The monoisotopic (exact) mass is 418 g/mol. The summed E-state index contributed by atoms with van der Waals surface area (Å²) < 4.78 is 0. The van der Waals surface area contributed by atoms with Gasteiger partial charge < -0.3 is 5.32 Å². The van der Waals surface area contributed by atoms with Gasteiger partial charge in [-0.2, -0.15) is 4.80 Å². The number of rotatable bonds is 7. The van der Waals surface area contributed by atoms with Gasteiger partial charge in [-0.3, -0.25) is 9.69 Å². The van der Waals surface area contributed by atoms with Crippen LogP contribution in [0.4, 0.5) is 5.69 Å². The highest BCUT2D eigenvalue weighted by molar-refractivity contribution is 5.91. The van der Waals surface area contributed by atoms with E-state index in [1.807, 2.05) is 49.4 Å². The maximum Gasteiger partial charge on any atom is 0.248 e. The Balaban J connectivity index is 1.38. The highest BCUT2D eigenvalue weighted by atomic mass is 16.2. The molecule has 1 N–H and O–H groups in total. The normalized spacial score (nSPS) is 14.7. The molecule has 7 nitrogen and oxygen atoms in total. The molecule has 1 fully saturated rings. The predicted octanol–water partition coefficient (Wildman–Crippen LogP) is 4.05. The maximum absolute atomic E-state index is 12.7. The van der Waals surface area contributed by atoms with Crippen LogP contribution >= 0.6 is 0 Å². The first kappa shape index (κ1) is 21.2. The van der Waals surface area contributed by atoms with Crippen molar-refractivity contribution in [1.82, 2.24) is 25.1 Å². The summed E-state index contributed by atoms with van der Waals surface area (Å²) in [7, 11) is 2.18. The zero-order valence-electron chi connectivity index (χ0n) is 18.3. The molecule has 3 aromatic rings. The fourth-order valence-electron chi connectivity index (χ4n) is 4.15. The number of amides is 1. The first-order chi connectivity index (χ1) is 15.1. The molecule has 0 radical (unpaired) electrons. The van der Waals surface area contributed by atoms with Crippen LogP contribution in [0.25, 0.3) is 11.4 Å². The Morgan fingerprint density at radius 1 is 1.10 bits per heavy atom. The highest BCUT2D eigenvalue weighted by Gasteiger charge is 2.19. The number of hydrogen-bond acceptors (Lipinski definition) is 5. The fourth-order valence-corrected chi connectivity index (χ4v) is 4.15. The van der Waals surface area contributed by atoms with Crippen LogP contribution in [-0.2, 0) is 17.9 Å². The van der Waals surface area contributed by atoms with Crippen LogP contribution < -0.4 is 5.32 Å². The third-order valence-electron chi connectivity index (χ3n) is 5.96. The largest absolute Gasteiger partial charge is 0.324 e. The number of nitrogens with zero attached hydrogens (tertiary/aromatic N) is 5. The van der Waals surface area contributed by atoms with Crippen LogP contribution in [0.1, 0.15) is 43.2 Å². The summed E-state index contributed by atoms with van der Waals surface area (Å²) in [5.74, 6) is 0.350. The Kier molecular flexibility index (Phi) is 6.72. The Labute approximate surface area is 183 Å². The molecular weight excluding hydrogens is 388 g/mol. The third kappa shape index (κ3) is 5.55. The number of hydrogen-bond donors (Lipinski definition) is 1. The molecule has 2 aromatic carbocycles. The molecule has 0 unspecified atom stereocenters. The van der Waals surface area contributed by atoms with Crippen molar-refractivity contribution < 1.29 is 4.79 Å². The minimum Gasteiger partial charge on any atom is -0.324 e. The van der Waals surface area contributed by atoms with Gasteiger partial charge in [0.05, 0.1) is 0 Å². The quantitative estimate of drug-likeness (QED) is 0.626. The number of carbonyl (C=O) groups is 1. The molecule has 0 aliphatic heterocycles. The average Bonchev–Trinajstić information content (AvgIpc) is 3.24. The van der Waals surface area contributed by atoms with Crippen LogP contribution in [0, 0.1) is 6.92 Å². The van der Waals surface area contributed by atoms with Crippen LogP contribution in [0.3, 0.4) is 0 Å². The number of aryl methyl sites for hydroxylation is 1. The van der Waals surface area contributed by atoms with Crippen molar-refractivity contribution in [2.45, 2.75) is 58.2 Å². The van der Waals surface area contributed by atoms with Gasteiger partial charge in [-0.05, 0) is 43.7 Å². The zero-order chi connectivity index (χ0) is 21.6. The summed E-state index contributed by atoms with van der Waals surface area (Å²) in [6.45, 7) is 2.87. The third-order valence-corrected chi connectivity index (χ3v) is 5.96. The summed E-state index contributed by atoms with van der Waals surface area (Å²) in [6.07, 6.45) is 6.48. The average molecular weight is 419 g/mol. The number of aromatic nitrogens is 4. The van der Waals surface area contributed by atoms with Crippen molar-refractivity contribution in [2.24, 2.45) is 0 Å². The molecule has 1 aromatic heterocycles. The topological polar surface area (TPSA) is 75.9 Å². The first-order valence-electron chi connectivity index (χ1n) is 11.0. The molecular formula is C24H30N6O. The molecule has 162 valence electrons. The van der Waals surface area contributed by atoms with Gasteiger partial charge in [0.15, 0.2) is 0 Å². The van der Waals surface area contributed by atoms with Gasteiger partial charge in [-0.15, -0.1) is 10.2 Å². The molecule has 0 atom stereocenters. The van der Waals surface area contributed by atoms with Gasteiger partial charge in [0.1, 0.15) is 6.54 Å². The lowest BCUT2D eigenvalue weighted by molar-refractivity contribution is -0.117. The second kappa shape index (κ2) is 9.83. The number of anilines is 1. The van der Waals surface area contributed by atoms with Gasteiger partial charge in [-0.25, -0.2) is 0 Å². The van der Waals surface area contributed by atoms with E-state index < -0.39 is 0 Å². The summed E-state index contributed by atoms with van der Waals surface area (Å²) in [5.41, 5.74) is 4.02. The highest BCUT2D eigenvalue weighted by Crippen LogP contribution is 2.25. The molecule has 7 heteroatoms. The molecule has 1 saturated carbocycles. The molecule has 1 amide bonds. The van der Waals surface area contributed by atoms with E-state index >= 15 is 0 Å². The molecule has 0 saturated heterocycles. The van der Waals surface area contributed by atoms with Crippen LogP contribution in [0.5, 0.6) is 0 Å². The predicted molar refractivity (Wildman–Crippen MR) is 121 cm³/mol. The van der Waals surface area contributed by atoms with Crippen molar-refractivity contribution >= 4 is 11.6 Å². The van der Waals surface area contributed by atoms with E-state index in [0.29, 0.717) is 11.9 Å². The number of nitrogens with one attached hydrogen (secondary N) is 1. The van der Waals surface area contributed by atoms with E-state index in [0.717, 1.165) is 23.4 Å². The van der Waals surface area contributed by atoms with Crippen LogP contribution in [0.2, 0.25) is 0 Å². The van der Waals surface area contributed by atoms with E-state index in [1.54, 1.807) is 0 Å². The van der Waals surface area contributed by atoms with E-state index in [2.05, 4.69) is 38.7 Å². The molecule has 31 heavy (non-hydrogen) atoms. The fraction of sp³-hybridized carbons (Fsp3) is 0.417. The van der Waals surface area contributed by atoms with Gasteiger partial charge in [0, 0.05) is 23.8 Å². The zero-order valence-corrected chi connectivity index (χ0v) is 18.3. The lowest BCUT2D eigenvalue weighted by Gasteiger charge is -2.31. The van der Waals surface area contributed by atoms with Crippen molar-refractivity contribution in [2.75, 3.05) is 12.4 Å². The Bertz CT molecular complexity index is 1010. The van der Waals surface area contributed by atoms with Crippen LogP contribution in [0.15, 0.2) is 48.5 Å². The second-order valence-electron chi connectivity index (χ2n) is 8.42. The molecule has 0 bridgehead atoms. The minimum absolute atomic E-state index is 0.0195. The van der Waals surface area contributed by atoms with E-state index in [4.69, 9.17) is 0 Å². The van der Waals surface area contributed by atoms with E-state index in [-0.39, 0.29) is 12.5 Å². The number of benzene rings is 2. The first-order valence-corrected chi connectivity index (χ1v) is 11.0. The summed E-state index contributed by atoms with van der Waals surface area (Å²) in [5, 5.41) is 15.5. The number of carbonyl (C=O) groups excluding carboxylic acids is 1. The summed E-state index contributed by atoms with van der Waals surface area (Å²) >= 11 is 0. The van der Waals surface area contributed by atoms with Crippen molar-refractivity contribution in [3.8, 4) is 11.4 Å². The summed E-state index contributed by atoms with van der Waals surface area (Å²) in [4.78, 5) is 16.4. The Morgan fingerprint density at radius 3 is 2.61 bits per heavy atom.